The van der Waals surface area contributed by atoms with E-state index in [-0.39, 0.29) is 25.0 Å². The van der Waals surface area contributed by atoms with Gasteiger partial charge < -0.3 is 9.64 Å². The third-order valence-electron chi connectivity index (χ3n) is 4.49. The SMILES string of the molecule is Cc1ccc2c(c1)N(CC(=O)N1CCC(C)CC1)C(=O)CO2. The molecule has 2 aliphatic heterocycles. The molecular weight excluding hydrogens is 280 g/mol. The lowest BCUT2D eigenvalue weighted by atomic mass is 9.99. The van der Waals surface area contributed by atoms with Crippen molar-refractivity contribution in [2.45, 2.75) is 26.7 Å². The number of likely N-dealkylation sites (tertiary alicyclic amines) is 1. The maximum absolute atomic E-state index is 12.5. The number of carbonyl (C=O) groups excluding carboxylic acids is 2. The van der Waals surface area contributed by atoms with E-state index >= 15 is 0 Å². The summed E-state index contributed by atoms with van der Waals surface area (Å²) in [6.07, 6.45) is 2.08. The van der Waals surface area contributed by atoms with Gasteiger partial charge in [0.1, 0.15) is 12.3 Å². The second-order valence-corrected chi connectivity index (χ2v) is 6.30. The van der Waals surface area contributed by atoms with Crippen LogP contribution in [0.5, 0.6) is 5.75 Å². The molecule has 0 unspecified atom stereocenters. The zero-order chi connectivity index (χ0) is 15.7. The van der Waals surface area contributed by atoms with Gasteiger partial charge in [0.05, 0.1) is 5.69 Å². The maximum atomic E-state index is 12.5. The lowest BCUT2D eigenvalue weighted by Gasteiger charge is -2.34. The topological polar surface area (TPSA) is 49.9 Å². The average Bonchev–Trinajstić information content (AvgIpc) is 2.51. The third kappa shape index (κ3) is 2.93. The van der Waals surface area contributed by atoms with E-state index in [9.17, 15) is 9.59 Å². The van der Waals surface area contributed by atoms with Gasteiger partial charge in [-0.05, 0) is 43.4 Å². The minimum atomic E-state index is -0.156. The number of benzene rings is 1. The molecule has 2 heterocycles. The lowest BCUT2D eigenvalue weighted by Crippen LogP contribution is -2.48. The predicted octanol–water partition coefficient (Wildman–Crippen LogP) is 1.98. The molecule has 1 fully saturated rings. The fourth-order valence-electron chi connectivity index (χ4n) is 2.98. The maximum Gasteiger partial charge on any atom is 0.265 e. The molecule has 0 aromatic heterocycles. The van der Waals surface area contributed by atoms with Crippen LogP contribution in [0.4, 0.5) is 5.69 Å². The van der Waals surface area contributed by atoms with Gasteiger partial charge in [-0.1, -0.05) is 13.0 Å². The minimum absolute atomic E-state index is 0.000372. The Hall–Kier alpha value is -2.04. The van der Waals surface area contributed by atoms with Gasteiger partial charge in [0.25, 0.3) is 5.91 Å². The molecule has 3 rings (SSSR count). The average molecular weight is 302 g/mol. The molecule has 0 N–H and O–H groups in total. The zero-order valence-electron chi connectivity index (χ0n) is 13.2. The van der Waals surface area contributed by atoms with Crippen LogP contribution in [0.1, 0.15) is 25.3 Å². The number of carbonyl (C=O) groups is 2. The number of hydrogen-bond acceptors (Lipinski definition) is 3. The smallest absolute Gasteiger partial charge is 0.265 e. The van der Waals surface area contributed by atoms with Gasteiger partial charge in [-0.25, -0.2) is 0 Å². The van der Waals surface area contributed by atoms with E-state index in [1.807, 2.05) is 30.0 Å². The van der Waals surface area contributed by atoms with Crippen molar-refractivity contribution in [1.29, 1.82) is 0 Å². The highest BCUT2D eigenvalue weighted by Gasteiger charge is 2.29. The van der Waals surface area contributed by atoms with E-state index < -0.39 is 0 Å². The first-order chi connectivity index (χ1) is 10.5. The molecule has 118 valence electrons. The number of rotatable bonds is 2. The monoisotopic (exact) mass is 302 g/mol. The van der Waals surface area contributed by atoms with Crippen molar-refractivity contribution in [1.82, 2.24) is 4.90 Å². The first-order valence-electron chi connectivity index (χ1n) is 7.86. The molecule has 0 bridgehead atoms. The number of piperidine rings is 1. The van der Waals surface area contributed by atoms with E-state index in [4.69, 9.17) is 4.74 Å². The fraction of sp³-hybridized carbons (Fsp3) is 0.529. The molecule has 0 aliphatic carbocycles. The van der Waals surface area contributed by atoms with Crippen LogP contribution in [0.25, 0.3) is 0 Å². The van der Waals surface area contributed by atoms with Gasteiger partial charge in [0.15, 0.2) is 6.61 Å². The largest absolute Gasteiger partial charge is 0.482 e. The van der Waals surface area contributed by atoms with E-state index in [1.54, 1.807) is 4.90 Å². The summed E-state index contributed by atoms with van der Waals surface area (Å²) in [4.78, 5) is 28.1. The Morgan fingerprint density at radius 1 is 1.32 bits per heavy atom. The Kier molecular flexibility index (Phi) is 4.05. The molecule has 0 atom stereocenters. The van der Waals surface area contributed by atoms with Crippen LogP contribution in [0.15, 0.2) is 18.2 Å². The quantitative estimate of drug-likeness (QED) is 0.839. The Morgan fingerprint density at radius 2 is 2.05 bits per heavy atom. The van der Waals surface area contributed by atoms with Crippen molar-refractivity contribution in [2.75, 3.05) is 31.1 Å². The highest BCUT2D eigenvalue weighted by Crippen LogP contribution is 2.32. The van der Waals surface area contributed by atoms with Gasteiger partial charge in [-0.3, -0.25) is 14.5 Å². The van der Waals surface area contributed by atoms with Crippen LogP contribution >= 0.6 is 0 Å². The van der Waals surface area contributed by atoms with E-state index in [0.29, 0.717) is 17.4 Å². The molecule has 1 saturated heterocycles. The molecule has 1 aromatic carbocycles. The second-order valence-electron chi connectivity index (χ2n) is 6.30. The van der Waals surface area contributed by atoms with Crippen molar-refractivity contribution >= 4 is 17.5 Å². The highest BCUT2D eigenvalue weighted by atomic mass is 16.5. The van der Waals surface area contributed by atoms with E-state index in [1.165, 1.54) is 0 Å². The first kappa shape index (κ1) is 14.9. The second kappa shape index (κ2) is 5.99. The molecular formula is C17H22N2O3. The Bertz CT molecular complexity index is 592. The van der Waals surface area contributed by atoms with Crippen LogP contribution < -0.4 is 9.64 Å². The number of nitrogens with zero attached hydrogens (tertiary/aromatic N) is 2. The van der Waals surface area contributed by atoms with Crippen molar-refractivity contribution in [2.24, 2.45) is 5.92 Å². The molecule has 0 spiro atoms. The van der Waals surface area contributed by atoms with Crippen molar-refractivity contribution in [3.8, 4) is 5.75 Å². The summed E-state index contributed by atoms with van der Waals surface area (Å²) < 4.78 is 5.45. The molecule has 0 radical (unpaired) electrons. The number of anilines is 1. The van der Waals surface area contributed by atoms with Gasteiger partial charge in [-0.15, -0.1) is 0 Å². The minimum Gasteiger partial charge on any atom is -0.482 e. The fourth-order valence-corrected chi connectivity index (χ4v) is 2.98. The van der Waals surface area contributed by atoms with Gasteiger partial charge in [0.2, 0.25) is 5.91 Å². The first-order valence-corrected chi connectivity index (χ1v) is 7.86. The number of hydrogen-bond donors (Lipinski definition) is 0. The van der Waals surface area contributed by atoms with Gasteiger partial charge in [0, 0.05) is 13.1 Å². The standard InChI is InChI=1S/C17H22N2O3/c1-12-5-7-18(8-6-12)16(20)10-19-14-9-13(2)3-4-15(14)22-11-17(19)21/h3-4,9,12H,5-8,10-11H2,1-2H3. The van der Waals surface area contributed by atoms with Crippen molar-refractivity contribution in [3.05, 3.63) is 23.8 Å². The van der Waals surface area contributed by atoms with Crippen molar-refractivity contribution < 1.29 is 14.3 Å². The number of amides is 2. The summed E-state index contributed by atoms with van der Waals surface area (Å²) in [6.45, 7) is 5.86. The molecule has 2 aliphatic rings. The summed E-state index contributed by atoms with van der Waals surface area (Å²) in [5.41, 5.74) is 1.75. The van der Waals surface area contributed by atoms with Crippen LogP contribution in [-0.4, -0.2) is 43.0 Å². The zero-order valence-corrected chi connectivity index (χ0v) is 13.2. The summed E-state index contributed by atoms with van der Waals surface area (Å²) in [7, 11) is 0. The predicted molar refractivity (Wildman–Crippen MR) is 84.0 cm³/mol. The van der Waals surface area contributed by atoms with Gasteiger partial charge >= 0.3 is 0 Å². The van der Waals surface area contributed by atoms with Crippen LogP contribution in [0, 0.1) is 12.8 Å². The highest BCUT2D eigenvalue weighted by molar-refractivity contribution is 6.02. The van der Waals surface area contributed by atoms with Crippen LogP contribution in [-0.2, 0) is 9.59 Å². The molecule has 0 saturated carbocycles. The van der Waals surface area contributed by atoms with E-state index in [0.717, 1.165) is 31.5 Å². The summed E-state index contributed by atoms with van der Waals surface area (Å²) in [5, 5.41) is 0. The molecule has 1 aromatic rings. The Labute approximate surface area is 130 Å². The normalized spacial score (nSPS) is 18.9. The number of fused-ring (bicyclic) bond motifs is 1. The summed E-state index contributed by atoms with van der Waals surface area (Å²) in [5.74, 6) is 1.22. The van der Waals surface area contributed by atoms with Gasteiger partial charge in [-0.2, -0.15) is 0 Å². The third-order valence-corrected chi connectivity index (χ3v) is 4.49. The van der Waals surface area contributed by atoms with Crippen LogP contribution in [0.2, 0.25) is 0 Å². The Morgan fingerprint density at radius 3 is 2.77 bits per heavy atom. The van der Waals surface area contributed by atoms with E-state index in [2.05, 4.69) is 6.92 Å². The molecule has 22 heavy (non-hydrogen) atoms. The molecule has 2 amide bonds. The number of aryl methyl sites for hydroxylation is 1. The lowest BCUT2D eigenvalue weighted by molar-refractivity contribution is -0.133. The molecule has 5 nitrogen and oxygen atoms in total. The van der Waals surface area contributed by atoms with Crippen LogP contribution in [0.3, 0.4) is 0 Å². The number of ether oxygens (including phenoxy) is 1. The summed E-state index contributed by atoms with van der Waals surface area (Å²) >= 11 is 0. The summed E-state index contributed by atoms with van der Waals surface area (Å²) in [6, 6.07) is 5.70. The molecule has 5 heteroatoms. The van der Waals surface area contributed by atoms with Crippen molar-refractivity contribution in [3.63, 3.8) is 0 Å². The Balaban J connectivity index is 1.75.